The first-order valence-corrected chi connectivity index (χ1v) is 4.35. The fraction of sp³-hybridized carbons (Fsp3) is 0.875. The van der Waals surface area contributed by atoms with Crippen LogP contribution in [-0.4, -0.2) is 48.2 Å². The van der Waals surface area contributed by atoms with E-state index in [0.29, 0.717) is 12.6 Å². The maximum absolute atomic E-state index is 11.0. The number of carbonyl (C=O) groups is 1. The maximum atomic E-state index is 11.0. The number of nitrogens with one attached hydrogen (secondary N) is 1. The number of aliphatic hydroxyl groups is 1. The van der Waals surface area contributed by atoms with Gasteiger partial charge in [0.1, 0.15) is 0 Å². The molecule has 1 heterocycles. The van der Waals surface area contributed by atoms with Gasteiger partial charge in [-0.05, 0) is 13.3 Å². The fourth-order valence-electron chi connectivity index (χ4n) is 1.40. The molecule has 2 N–H and O–H groups in total. The number of nitrogens with zero attached hydrogens (tertiary/aromatic N) is 1. The second-order valence-corrected chi connectivity index (χ2v) is 3.18. The highest BCUT2D eigenvalue weighted by Crippen LogP contribution is 2.04. The molecule has 0 aromatic rings. The molecule has 0 spiro atoms. The van der Waals surface area contributed by atoms with E-state index in [1.165, 1.54) is 0 Å². The first-order valence-electron chi connectivity index (χ1n) is 4.35. The van der Waals surface area contributed by atoms with Gasteiger partial charge in [-0.1, -0.05) is 0 Å². The van der Waals surface area contributed by atoms with Crippen LogP contribution in [0.5, 0.6) is 0 Å². The van der Waals surface area contributed by atoms with E-state index in [2.05, 4.69) is 10.2 Å². The molecular weight excluding hydrogens is 156 g/mol. The molecule has 0 saturated carbocycles. The number of aliphatic hydroxyl groups excluding tert-OH is 1. The summed E-state index contributed by atoms with van der Waals surface area (Å²) in [5, 5.41) is 11.5. The Kier molecular flexibility index (Phi) is 3.49. The van der Waals surface area contributed by atoms with Crippen LogP contribution in [-0.2, 0) is 4.79 Å². The summed E-state index contributed by atoms with van der Waals surface area (Å²) in [6.45, 7) is 4.33. The quantitative estimate of drug-likeness (QED) is 0.585. The Bertz CT molecular complexity index is 161. The fourth-order valence-corrected chi connectivity index (χ4v) is 1.40. The van der Waals surface area contributed by atoms with Crippen LogP contribution in [0.4, 0.5) is 0 Å². The lowest BCUT2D eigenvalue weighted by Crippen LogP contribution is -2.50. The lowest BCUT2D eigenvalue weighted by atomic mass is 10.2. The molecule has 0 bridgehead atoms. The average molecular weight is 172 g/mol. The Balaban J connectivity index is 2.34. The van der Waals surface area contributed by atoms with E-state index in [1.54, 1.807) is 0 Å². The lowest BCUT2D eigenvalue weighted by molar-refractivity contribution is -0.124. The normalized spacial score (nSPS) is 22.0. The Morgan fingerprint density at radius 3 is 3.08 bits per heavy atom. The molecule has 0 aromatic carbocycles. The molecule has 0 aliphatic carbocycles. The van der Waals surface area contributed by atoms with Crippen molar-refractivity contribution >= 4 is 5.91 Å². The van der Waals surface area contributed by atoms with Gasteiger partial charge in [-0.25, -0.2) is 0 Å². The molecule has 4 nitrogen and oxygen atoms in total. The van der Waals surface area contributed by atoms with Crippen LogP contribution in [0.25, 0.3) is 0 Å². The summed E-state index contributed by atoms with van der Waals surface area (Å²) in [5.74, 6) is 0.0889. The summed E-state index contributed by atoms with van der Waals surface area (Å²) < 4.78 is 0. The Morgan fingerprint density at radius 1 is 1.75 bits per heavy atom. The van der Waals surface area contributed by atoms with Crippen molar-refractivity contribution in [3.8, 4) is 0 Å². The molecular formula is C8H16N2O2. The number of hydrogen-bond acceptors (Lipinski definition) is 3. The molecule has 4 heteroatoms. The van der Waals surface area contributed by atoms with Crippen molar-refractivity contribution in [1.82, 2.24) is 10.2 Å². The van der Waals surface area contributed by atoms with Gasteiger partial charge >= 0.3 is 0 Å². The molecule has 70 valence electrons. The van der Waals surface area contributed by atoms with E-state index in [1.807, 2.05) is 6.92 Å². The highest BCUT2D eigenvalue weighted by molar-refractivity contribution is 5.78. The topological polar surface area (TPSA) is 52.6 Å². The Labute approximate surface area is 72.6 Å². The minimum absolute atomic E-state index is 0.0889. The highest BCUT2D eigenvalue weighted by atomic mass is 16.3. The van der Waals surface area contributed by atoms with Gasteiger partial charge in [0.2, 0.25) is 5.91 Å². The molecule has 0 aromatic heterocycles. The first kappa shape index (κ1) is 9.48. The third-order valence-corrected chi connectivity index (χ3v) is 2.24. The van der Waals surface area contributed by atoms with E-state index in [4.69, 9.17) is 5.11 Å². The zero-order chi connectivity index (χ0) is 8.97. The molecule has 1 amide bonds. The van der Waals surface area contributed by atoms with Crippen LogP contribution >= 0.6 is 0 Å². The van der Waals surface area contributed by atoms with Crippen molar-refractivity contribution in [2.75, 3.05) is 26.2 Å². The van der Waals surface area contributed by atoms with Crippen LogP contribution in [0.2, 0.25) is 0 Å². The van der Waals surface area contributed by atoms with Crippen LogP contribution in [0.3, 0.4) is 0 Å². The van der Waals surface area contributed by atoms with Gasteiger partial charge in [-0.2, -0.15) is 0 Å². The highest BCUT2D eigenvalue weighted by Gasteiger charge is 2.20. The van der Waals surface area contributed by atoms with Crippen LogP contribution in [0, 0.1) is 0 Å². The largest absolute Gasteiger partial charge is 0.396 e. The van der Waals surface area contributed by atoms with Crippen molar-refractivity contribution in [3.05, 3.63) is 0 Å². The number of rotatable bonds is 3. The van der Waals surface area contributed by atoms with Gasteiger partial charge < -0.3 is 10.4 Å². The third-order valence-electron chi connectivity index (χ3n) is 2.24. The number of hydrogen-bond donors (Lipinski definition) is 2. The minimum atomic E-state index is 0.0889. The molecule has 1 rings (SSSR count). The van der Waals surface area contributed by atoms with Crippen LogP contribution in [0.15, 0.2) is 0 Å². The van der Waals surface area contributed by atoms with Gasteiger partial charge in [0.05, 0.1) is 6.54 Å². The molecule has 0 radical (unpaired) electrons. The van der Waals surface area contributed by atoms with Crippen molar-refractivity contribution in [3.63, 3.8) is 0 Å². The maximum Gasteiger partial charge on any atom is 0.234 e. The number of piperazine rings is 1. The summed E-state index contributed by atoms with van der Waals surface area (Å²) in [6.07, 6.45) is 0.743. The van der Waals surface area contributed by atoms with Crippen molar-refractivity contribution in [2.45, 2.75) is 19.4 Å². The minimum Gasteiger partial charge on any atom is -0.396 e. The van der Waals surface area contributed by atoms with Gasteiger partial charge in [0.25, 0.3) is 0 Å². The molecule has 1 aliphatic rings. The predicted octanol–water partition coefficient (Wildman–Crippen LogP) is -0.811. The Hall–Kier alpha value is -0.610. The van der Waals surface area contributed by atoms with E-state index in [9.17, 15) is 4.79 Å². The molecule has 1 unspecified atom stereocenters. The predicted molar refractivity (Wildman–Crippen MR) is 45.7 cm³/mol. The summed E-state index contributed by atoms with van der Waals surface area (Å²) in [4.78, 5) is 13.1. The SMILES string of the molecule is CC(CCO)N1CCNC(=O)C1. The van der Waals surface area contributed by atoms with E-state index in [0.717, 1.165) is 19.5 Å². The van der Waals surface area contributed by atoms with Gasteiger partial charge in [0.15, 0.2) is 0 Å². The van der Waals surface area contributed by atoms with Gasteiger partial charge in [0, 0.05) is 25.7 Å². The molecule has 1 fully saturated rings. The third kappa shape index (κ3) is 2.46. The summed E-state index contributed by atoms with van der Waals surface area (Å²) in [5.41, 5.74) is 0. The van der Waals surface area contributed by atoms with E-state index < -0.39 is 0 Å². The second kappa shape index (κ2) is 4.42. The first-order chi connectivity index (χ1) is 5.74. The zero-order valence-electron chi connectivity index (χ0n) is 7.42. The molecule has 12 heavy (non-hydrogen) atoms. The summed E-state index contributed by atoms with van der Waals surface area (Å²) in [7, 11) is 0. The summed E-state index contributed by atoms with van der Waals surface area (Å²) in [6, 6.07) is 0.307. The van der Waals surface area contributed by atoms with Gasteiger partial charge in [-0.15, -0.1) is 0 Å². The van der Waals surface area contributed by atoms with Crippen molar-refractivity contribution < 1.29 is 9.90 Å². The van der Waals surface area contributed by atoms with Crippen molar-refractivity contribution in [1.29, 1.82) is 0 Å². The van der Waals surface area contributed by atoms with Crippen LogP contribution in [0.1, 0.15) is 13.3 Å². The molecule has 1 saturated heterocycles. The van der Waals surface area contributed by atoms with Crippen molar-refractivity contribution in [2.24, 2.45) is 0 Å². The van der Waals surface area contributed by atoms with Crippen LogP contribution < -0.4 is 5.32 Å². The standard InChI is InChI=1S/C8H16N2O2/c1-7(2-5-11)10-4-3-9-8(12)6-10/h7,11H,2-6H2,1H3,(H,9,12). The Morgan fingerprint density at radius 2 is 2.50 bits per heavy atom. The zero-order valence-corrected chi connectivity index (χ0v) is 7.42. The smallest absolute Gasteiger partial charge is 0.234 e. The monoisotopic (exact) mass is 172 g/mol. The summed E-state index contributed by atoms with van der Waals surface area (Å²) >= 11 is 0. The lowest BCUT2D eigenvalue weighted by Gasteiger charge is -2.31. The van der Waals surface area contributed by atoms with E-state index in [-0.39, 0.29) is 12.5 Å². The number of carbonyl (C=O) groups excluding carboxylic acids is 1. The number of amides is 1. The molecule has 1 aliphatic heterocycles. The average Bonchev–Trinajstić information content (AvgIpc) is 2.05. The second-order valence-electron chi connectivity index (χ2n) is 3.18. The van der Waals surface area contributed by atoms with E-state index >= 15 is 0 Å². The molecule has 1 atom stereocenters. The van der Waals surface area contributed by atoms with Gasteiger partial charge in [-0.3, -0.25) is 9.69 Å².